The maximum atomic E-state index is 13.7. The molecular formula is C38H41N5O6S. The van der Waals surface area contributed by atoms with Crippen LogP contribution in [0.3, 0.4) is 0 Å². The van der Waals surface area contributed by atoms with Gasteiger partial charge in [0.2, 0.25) is 0 Å². The summed E-state index contributed by atoms with van der Waals surface area (Å²) in [4.78, 5) is 40.9. The van der Waals surface area contributed by atoms with Gasteiger partial charge in [-0.1, -0.05) is 35.9 Å². The number of nitrogens with zero attached hydrogens (tertiary/aromatic N) is 4. The number of rotatable bonds is 8. The van der Waals surface area contributed by atoms with Crippen molar-refractivity contribution in [3.05, 3.63) is 118 Å². The summed E-state index contributed by atoms with van der Waals surface area (Å²) in [6.07, 6.45) is 9.69. The number of aryl methyl sites for hydroxylation is 3. The van der Waals surface area contributed by atoms with Crippen LogP contribution in [0.5, 0.6) is 0 Å². The molecule has 0 radical (unpaired) electrons. The predicted molar refractivity (Wildman–Crippen MR) is 195 cm³/mol. The summed E-state index contributed by atoms with van der Waals surface area (Å²) in [5, 5.41) is 0. The van der Waals surface area contributed by atoms with E-state index < -0.39 is 10.1 Å². The van der Waals surface area contributed by atoms with Crippen LogP contribution in [0.2, 0.25) is 0 Å². The van der Waals surface area contributed by atoms with Gasteiger partial charge in [0.1, 0.15) is 5.82 Å². The third-order valence-corrected chi connectivity index (χ3v) is 8.36. The number of pyridine rings is 4. The molecule has 1 aliphatic rings. The largest absolute Gasteiger partial charge is 0.383 e. The first-order chi connectivity index (χ1) is 23.7. The lowest BCUT2D eigenvalue weighted by atomic mass is 9.98. The molecule has 0 bridgehead atoms. The van der Waals surface area contributed by atoms with Gasteiger partial charge in [0.05, 0.1) is 18.2 Å². The second-order valence-corrected chi connectivity index (χ2v) is 14.2. The molecule has 4 aromatic heterocycles. The fourth-order valence-corrected chi connectivity index (χ4v) is 5.91. The van der Waals surface area contributed by atoms with Gasteiger partial charge < -0.3 is 15.0 Å². The normalized spacial score (nSPS) is 13.4. The van der Waals surface area contributed by atoms with Crippen molar-refractivity contribution < 1.29 is 22.5 Å². The molecule has 1 fully saturated rings. The smallest absolute Gasteiger partial charge is 0.261 e. The van der Waals surface area contributed by atoms with E-state index in [1.54, 1.807) is 18.6 Å². The molecule has 0 aliphatic carbocycles. The quantitative estimate of drug-likeness (QED) is 0.147. The first kappa shape index (κ1) is 36.2. The minimum atomic E-state index is -3.67. The van der Waals surface area contributed by atoms with E-state index in [1.807, 2.05) is 86.1 Å². The van der Waals surface area contributed by atoms with Gasteiger partial charge in [-0.25, -0.2) is 4.98 Å². The zero-order valence-corrected chi connectivity index (χ0v) is 29.4. The number of carbonyl (C=O) groups is 1. The molecule has 12 heteroatoms. The number of ether oxygens (including phenoxy) is 1. The van der Waals surface area contributed by atoms with Gasteiger partial charge in [-0.2, -0.15) is 8.42 Å². The molecule has 0 amide bonds. The van der Waals surface area contributed by atoms with E-state index >= 15 is 0 Å². The Balaban J connectivity index is 0.000000908. The molecule has 0 unspecified atom stereocenters. The summed E-state index contributed by atoms with van der Waals surface area (Å²) >= 11 is 0. The van der Waals surface area contributed by atoms with Crippen LogP contribution >= 0.6 is 0 Å². The Morgan fingerprint density at radius 1 is 0.880 bits per heavy atom. The molecule has 0 atom stereocenters. The van der Waals surface area contributed by atoms with Crippen LogP contribution in [0.25, 0.3) is 33.4 Å². The number of Topliss-reactive ketones (excluding diaryl/α,β-unsaturated/α-hetero) is 1. The molecule has 1 aromatic carbocycles. The Morgan fingerprint density at radius 2 is 1.50 bits per heavy atom. The number of hydrogen-bond acceptors (Lipinski definition) is 9. The molecule has 5 aromatic rings. The van der Waals surface area contributed by atoms with Crippen LogP contribution in [0.4, 0.5) is 5.82 Å². The van der Waals surface area contributed by atoms with Gasteiger partial charge in [-0.05, 0) is 74.9 Å². The molecule has 6 rings (SSSR count). The van der Waals surface area contributed by atoms with Crippen molar-refractivity contribution in [2.75, 3.05) is 25.2 Å². The van der Waals surface area contributed by atoms with Gasteiger partial charge in [0.15, 0.2) is 11.2 Å². The van der Waals surface area contributed by atoms with Crippen molar-refractivity contribution >= 4 is 21.7 Å². The molecule has 11 nitrogen and oxygen atoms in total. The lowest BCUT2D eigenvalue weighted by Gasteiger charge is -2.23. The summed E-state index contributed by atoms with van der Waals surface area (Å²) in [7, 11) is -3.67. The highest BCUT2D eigenvalue weighted by Gasteiger charge is 2.20. The van der Waals surface area contributed by atoms with Crippen molar-refractivity contribution in [1.82, 2.24) is 19.5 Å². The number of ketones is 1. The number of carbonyl (C=O) groups excluding carboxylic acids is 1. The molecular weight excluding hydrogens is 655 g/mol. The lowest BCUT2D eigenvalue weighted by Crippen LogP contribution is -2.25. The highest BCUT2D eigenvalue weighted by molar-refractivity contribution is 7.85. The number of benzene rings is 1. The Labute approximate surface area is 292 Å². The minimum absolute atomic E-state index is 0.00742. The monoisotopic (exact) mass is 695 g/mol. The van der Waals surface area contributed by atoms with Crippen molar-refractivity contribution in [2.24, 2.45) is 5.92 Å². The molecule has 50 heavy (non-hydrogen) atoms. The van der Waals surface area contributed by atoms with E-state index in [9.17, 15) is 18.0 Å². The minimum Gasteiger partial charge on any atom is -0.383 e. The topological polar surface area (TPSA) is 167 Å². The van der Waals surface area contributed by atoms with E-state index in [-0.39, 0.29) is 23.2 Å². The Bertz CT molecular complexity index is 2130. The Hall–Kier alpha value is -5.04. The number of aromatic nitrogens is 4. The van der Waals surface area contributed by atoms with Gasteiger partial charge in [-0.3, -0.25) is 24.1 Å². The molecule has 0 spiro atoms. The summed E-state index contributed by atoms with van der Waals surface area (Å²) in [5.41, 5.74) is 14.5. The summed E-state index contributed by atoms with van der Waals surface area (Å²) in [5.74, 6) is 0.558. The summed E-state index contributed by atoms with van der Waals surface area (Å²) in [6, 6.07) is 17.6. The number of nitrogens with two attached hydrogens (primary N) is 1. The average Bonchev–Trinajstić information content (AvgIpc) is 3.06. The molecule has 3 N–H and O–H groups in total. The summed E-state index contributed by atoms with van der Waals surface area (Å²) < 4.78 is 33.4. The third kappa shape index (κ3) is 9.78. The van der Waals surface area contributed by atoms with E-state index in [4.69, 9.17) is 15.0 Å². The van der Waals surface area contributed by atoms with Crippen molar-refractivity contribution in [2.45, 2.75) is 46.6 Å². The molecule has 260 valence electrons. The zero-order chi connectivity index (χ0) is 36.0. The fourth-order valence-electron chi connectivity index (χ4n) is 5.91. The van der Waals surface area contributed by atoms with E-state index in [0.29, 0.717) is 29.2 Å². The number of hydrogen-bond donors (Lipinski definition) is 2. The van der Waals surface area contributed by atoms with Crippen LogP contribution in [-0.2, 0) is 27.8 Å². The molecule has 1 aliphatic heterocycles. The SMILES string of the molecule is CS(=O)(=O)O.Cc1ccc(-c2cn(CC3CCOCC3)cc(C(=O)Cc3ccc(-c4cc(-c5cc(C)nc(C)c5)cnc4N)cn3)c2=O)cc1. The first-order valence-corrected chi connectivity index (χ1v) is 18.1. The van der Waals surface area contributed by atoms with Crippen molar-refractivity contribution in [3.63, 3.8) is 0 Å². The zero-order valence-electron chi connectivity index (χ0n) is 28.6. The average molecular weight is 696 g/mol. The number of nitrogen functional groups attached to an aromatic ring is 1. The van der Waals surface area contributed by atoms with Gasteiger partial charge >= 0.3 is 0 Å². The van der Waals surface area contributed by atoms with E-state index in [0.717, 1.165) is 77.4 Å². The second-order valence-electron chi connectivity index (χ2n) is 12.7. The fraction of sp³-hybridized carbons (Fsp3) is 0.289. The van der Waals surface area contributed by atoms with Crippen molar-refractivity contribution in [3.8, 4) is 33.4 Å². The highest BCUT2D eigenvalue weighted by atomic mass is 32.2. The lowest BCUT2D eigenvalue weighted by molar-refractivity contribution is 0.0612. The Kier molecular flexibility index (Phi) is 11.4. The Morgan fingerprint density at radius 3 is 2.12 bits per heavy atom. The molecule has 5 heterocycles. The van der Waals surface area contributed by atoms with Gasteiger partial charge in [-0.15, -0.1) is 0 Å². The predicted octanol–water partition coefficient (Wildman–Crippen LogP) is 5.90. The van der Waals surface area contributed by atoms with Crippen molar-refractivity contribution in [1.29, 1.82) is 0 Å². The highest BCUT2D eigenvalue weighted by Crippen LogP contribution is 2.30. The van der Waals surface area contributed by atoms with E-state index in [2.05, 4.69) is 15.0 Å². The van der Waals surface area contributed by atoms with Crippen LogP contribution in [-0.4, -0.2) is 57.7 Å². The first-order valence-electron chi connectivity index (χ1n) is 16.2. The van der Waals surface area contributed by atoms with E-state index in [1.165, 1.54) is 0 Å². The van der Waals surface area contributed by atoms with Gasteiger partial charge in [0.25, 0.3) is 10.1 Å². The standard InChI is InChI=1S/C37H37N5O3.CH4O3S/c1-23-4-6-27(7-5-23)33-21-42(20-26-10-12-45-13-11-26)22-34(36(33)44)35(43)17-31-9-8-28(18-39-31)32-16-30(19-40-37(32)38)29-14-24(2)41-25(3)15-29;1-5(2,3)4/h4-9,14-16,18-19,21-22,26H,10-13,17,20H2,1-3H3,(H2,38,40);1H3,(H,2,3,4). The van der Waals surface area contributed by atoms with Crippen LogP contribution in [0.15, 0.2) is 84.2 Å². The molecule has 1 saturated heterocycles. The van der Waals surface area contributed by atoms with Gasteiger partial charge in [0, 0.05) is 83.9 Å². The molecule has 0 saturated carbocycles. The maximum Gasteiger partial charge on any atom is 0.261 e. The van der Waals surface area contributed by atoms with Crippen LogP contribution in [0.1, 0.15) is 45.8 Å². The number of anilines is 1. The summed E-state index contributed by atoms with van der Waals surface area (Å²) in [6.45, 7) is 8.13. The second kappa shape index (κ2) is 15.7. The third-order valence-electron chi connectivity index (χ3n) is 8.36. The maximum absolute atomic E-state index is 13.7. The van der Waals surface area contributed by atoms with Crippen LogP contribution < -0.4 is 11.2 Å². The van der Waals surface area contributed by atoms with Crippen LogP contribution in [0, 0.1) is 26.7 Å².